The molecule has 0 spiro atoms. The molecule has 0 amide bonds. The maximum atomic E-state index is 13.2. The van der Waals surface area contributed by atoms with Crippen LogP contribution in [0.1, 0.15) is 23.1 Å². The number of alkyl halides is 3. The van der Waals surface area contributed by atoms with Crippen LogP contribution in [-0.4, -0.2) is 37.3 Å². The number of piperazine rings is 1. The van der Waals surface area contributed by atoms with Gasteiger partial charge in [-0.1, -0.05) is 0 Å². The van der Waals surface area contributed by atoms with Gasteiger partial charge in [0.15, 0.2) is 6.04 Å². The number of nitrogens with one attached hydrogen (secondary N) is 1. The normalized spacial score (nSPS) is 18.1. The Bertz CT molecular complexity index is 398. The average Bonchev–Trinajstić information content (AvgIpc) is 2.58. The topological polar surface area (TPSA) is 28.4 Å². The van der Waals surface area contributed by atoms with E-state index < -0.39 is 12.2 Å². The van der Waals surface area contributed by atoms with Crippen molar-refractivity contribution in [1.82, 2.24) is 10.2 Å². The van der Waals surface area contributed by atoms with Crippen LogP contribution in [0.15, 0.2) is 10.5 Å². The van der Waals surface area contributed by atoms with Crippen LogP contribution < -0.4 is 5.32 Å². The molecule has 0 radical (unpaired) electrons. The van der Waals surface area contributed by atoms with E-state index in [1.165, 1.54) is 11.0 Å². The van der Waals surface area contributed by atoms with Crippen molar-refractivity contribution >= 4 is 24.8 Å². The lowest BCUT2D eigenvalue weighted by atomic mass is 10.1. The van der Waals surface area contributed by atoms with Gasteiger partial charge in [0.25, 0.3) is 0 Å². The zero-order chi connectivity index (χ0) is 13.3. The minimum absolute atomic E-state index is 0. The highest BCUT2D eigenvalue weighted by Gasteiger charge is 2.47. The molecule has 2 heterocycles. The lowest BCUT2D eigenvalue weighted by molar-refractivity contribution is -0.192. The molecule has 0 bridgehead atoms. The second kappa shape index (κ2) is 7.54. The number of nitrogens with zero attached hydrogens (tertiary/aromatic N) is 1. The van der Waals surface area contributed by atoms with Crippen LogP contribution in [0.3, 0.4) is 0 Å². The fraction of sp³-hybridized carbons (Fsp3) is 0.667. The molecular weight excluding hydrogens is 316 g/mol. The van der Waals surface area contributed by atoms with E-state index in [2.05, 4.69) is 5.32 Å². The first-order valence-electron chi connectivity index (χ1n) is 5.98. The molecular formula is C12H19Cl2F3N2O. The van der Waals surface area contributed by atoms with Crippen molar-refractivity contribution in [2.75, 3.05) is 26.2 Å². The summed E-state index contributed by atoms with van der Waals surface area (Å²) in [4.78, 5) is 1.42. The summed E-state index contributed by atoms with van der Waals surface area (Å²) in [6.45, 7) is 5.35. The highest BCUT2D eigenvalue weighted by atomic mass is 35.5. The summed E-state index contributed by atoms with van der Waals surface area (Å²) in [6.07, 6.45) is -4.31. The van der Waals surface area contributed by atoms with Crippen molar-refractivity contribution in [2.24, 2.45) is 0 Å². The van der Waals surface area contributed by atoms with Crippen molar-refractivity contribution in [3.05, 3.63) is 23.2 Å². The summed E-state index contributed by atoms with van der Waals surface area (Å²) in [5.41, 5.74) is 0.759. The second-order valence-electron chi connectivity index (χ2n) is 4.62. The fourth-order valence-corrected chi connectivity index (χ4v) is 2.23. The molecule has 0 unspecified atom stereocenters. The first-order valence-corrected chi connectivity index (χ1v) is 5.98. The molecule has 1 saturated heterocycles. The summed E-state index contributed by atoms with van der Waals surface area (Å²) < 4.78 is 44.9. The molecule has 1 aliphatic rings. The molecule has 3 nitrogen and oxygen atoms in total. The zero-order valence-electron chi connectivity index (χ0n) is 11.3. The van der Waals surface area contributed by atoms with Crippen LogP contribution in [0.4, 0.5) is 13.2 Å². The highest BCUT2D eigenvalue weighted by Crippen LogP contribution is 2.39. The third kappa shape index (κ3) is 4.28. The van der Waals surface area contributed by atoms with Crippen LogP contribution in [-0.2, 0) is 0 Å². The van der Waals surface area contributed by atoms with Gasteiger partial charge in [0.2, 0.25) is 0 Å². The molecule has 118 valence electrons. The van der Waals surface area contributed by atoms with Crippen LogP contribution in [0.2, 0.25) is 0 Å². The molecule has 1 aromatic heterocycles. The Morgan fingerprint density at radius 2 is 1.75 bits per heavy atom. The molecule has 0 aromatic carbocycles. The summed E-state index contributed by atoms with van der Waals surface area (Å²) in [7, 11) is 0. The van der Waals surface area contributed by atoms with Gasteiger partial charge in [-0.05, 0) is 25.5 Å². The number of furan rings is 1. The van der Waals surface area contributed by atoms with Gasteiger partial charge in [0, 0.05) is 26.2 Å². The van der Waals surface area contributed by atoms with Gasteiger partial charge in [-0.15, -0.1) is 24.8 Å². The average molecular weight is 335 g/mol. The number of hydrogen-bond acceptors (Lipinski definition) is 3. The van der Waals surface area contributed by atoms with E-state index in [1.807, 2.05) is 0 Å². The van der Waals surface area contributed by atoms with E-state index in [0.29, 0.717) is 31.9 Å². The van der Waals surface area contributed by atoms with Gasteiger partial charge in [-0.25, -0.2) is 0 Å². The van der Waals surface area contributed by atoms with E-state index in [9.17, 15) is 13.2 Å². The van der Waals surface area contributed by atoms with Crippen LogP contribution >= 0.6 is 24.8 Å². The second-order valence-corrected chi connectivity index (χ2v) is 4.62. The molecule has 1 aromatic rings. The Balaban J connectivity index is 0.00000180. The Labute approximate surface area is 128 Å². The lowest BCUT2D eigenvalue weighted by Crippen LogP contribution is -2.48. The number of rotatable bonds is 2. The van der Waals surface area contributed by atoms with Crippen LogP contribution in [0.25, 0.3) is 0 Å². The van der Waals surface area contributed by atoms with Crippen molar-refractivity contribution in [3.8, 4) is 0 Å². The standard InChI is InChI=1S/C12H17F3N2O.2ClH/c1-8-7-10(18-9(8)2)11(12(13,14)15)17-5-3-16-4-6-17;;/h7,11,16H,3-6H2,1-2H3;2*1H/t11-;;/m0../s1. The molecule has 8 heteroatoms. The zero-order valence-corrected chi connectivity index (χ0v) is 12.9. The minimum Gasteiger partial charge on any atom is -0.464 e. The van der Waals surface area contributed by atoms with Crippen molar-refractivity contribution in [3.63, 3.8) is 0 Å². The molecule has 0 saturated carbocycles. The summed E-state index contributed by atoms with van der Waals surface area (Å²) >= 11 is 0. The molecule has 2 rings (SSSR count). The van der Waals surface area contributed by atoms with Gasteiger partial charge in [-0.3, -0.25) is 4.90 Å². The predicted molar refractivity (Wildman–Crippen MR) is 75.9 cm³/mol. The van der Waals surface area contributed by atoms with Gasteiger partial charge >= 0.3 is 6.18 Å². The molecule has 20 heavy (non-hydrogen) atoms. The van der Waals surface area contributed by atoms with Gasteiger partial charge in [0.05, 0.1) is 0 Å². The quantitative estimate of drug-likeness (QED) is 0.899. The SMILES string of the molecule is Cc1cc([C@H](N2CCNCC2)C(F)(F)F)oc1C.Cl.Cl. The number of aryl methyl sites for hydroxylation is 2. The van der Waals surface area contributed by atoms with Gasteiger partial charge in [0.1, 0.15) is 11.5 Å². The Morgan fingerprint density at radius 3 is 2.15 bits per heavy atom. The molecule has 1 fully saturated rings. The van der Waals surface area contributed by atoms with E-state index in [1.54, 1.807) is 13.8 Å². The van der Waals surface area contributed by atoms with E-state index in [0.717, 1.165) is 5.56 Å². The third-order valence-corrected chi connectivity index (χ3v) is 3.28. The molecule has 1 atom stereocenters. The van der Waals surface area contributed by atoms with E-state index in [-0.39, 0.29) is 30.6 Å². The van der Waals surface area contributed by atoms with Crippen molar-refractivity contribution in [2.45, 2.75) is 26.1 Å². The van der Waals surface area contributed by atoms with Gasteiger partial charge < -0.3 is 9.73 Å². The molecule has 0 aliphatic carbocycles. The Morgan fingerprint density at radius 1 is 1.20 bits per heavy atom. The fourth-order valence-electron chi connectivity index (χ4n) is 2.23. The largest absolute Gasteiger partial charge is 0.464 e. The van der Waals surface area contributed by atoms with Crippen LogP contribution in [0.5, 0.6) is 0 Å². The van der Waals surface area contributed by atoms with Gasteiger partial charge in [-0.2, -0.15) is 13.2 Å². The molecule has 1 aliphatic heterocycles. The first kappa shape index (κ1) is 19.6. The highest BCUT2D eigenvalue weighted by molar-refractivity contribution is 5.85. The van der Waals surface area contributed by atoms with E-state index >= 15 is 0 Å². The summed E-state index contributed by atoms with van der Waals surface area (Å²) in [5.74, 6) is 0.550. The predicted octanol–water partition coefficient (Wildman–Crippen LogP) is 3.25. The summed E-state index contributed by atoms with van der Waals surface area (Å²) in [5, 5.41) is 3.05. The minimum atomic E-state index is -4.31. The lowest BCUT2D eigenvalue weighted by Gasteiger charge is -2.34. The first-order chi connectivity index (χ1) is 8.39. The Hall–Kier alpha value is -0.430. The maximum Gasteiger partial charge on any atom is 0.411 e. The Kier molecular flexibility index (Phi) is 7.38. The van der Waals surface area contributed by atoms with E-state index in [4.69, 9.17) is 4.42 Å². The number of halogens is 5. The third-order valence-electron chi connectivity index (χ3n) is 3.28. The monoisotopic (exact) mass is 334 g/mol. The van der Waals surface area contributed by atoms with Crippen molar-refractivity contribution < 1.29 is 17.6 Å². The van der Waals surface area contributed by atoms with Crippen molar-refractivity contribution in [1.29, 1.82) is 0 Å². The smallest absolute Gasteiger partial charge is 0.411 e. The number of hydrogen-bond donors (Lipinski definition) is 1. The maximum absolute atomic E-state index is 13.2. The molecule has 1 N–H and O–H groups in total. The summed E-state index contributed by atoms with van der Waals surface area (Å²) in [6, 6.07) is -0.137. The van der Waals surface area contributed by atoms with Crippen LogP contribution in [0, 0.1) is 13.8 Å².